The van der Waals surface area contributed by atoms with Gasteiger partial charge in [-0.1, -0.05) is 13.0 Å². The van der Waals surface area contributed by atoms with Crippen molar-refractivity contribution >= 4 is 21.6 Å². The quantitative estimate of drug-likeness (QED) is 0.636. The zero-order valence-corrected chi connectivity index (χ0v) is 17.0. The third-order valence-electron chi connectivity index (χ3n) is 3.78. The molecule has 1 atom stereocenters. The van der Waals surface area contributed by atoms with Gasteiger partial charge in [0.25, 0.3) is 11.4 Å². The monoisotopic (exact) mass is 425 g/mol. The van der Waals surface area contributed by atoms with E-state index < -0.39 is 0 Å². The van der Waals surface area contributed by atoms with Gasteiger partial charge in [-0.15, -0.1) is 5.10 Å². The molecule has 1 aromatic carbocycles. The van der Waals surface area contributed by atoms with Gasteiger partial charge in [-0.2, -0.15) is 0 Å². The molecule has 0 fully saturated rings. The molecule has 0 saturated heterocycles. The summed E-state index contributed by atoms with van der Waals surface area (Å²) in [6.45, 7) is 6.89. The van der Waals surface area contributed by atoms with Crippen LogP contribution in [0.1, 0.15) is 32.8 Å². The van der Waals surface area contributed by atoms with Crippen LogP contribution in [0.2, 0.25) is 0 Å². The van der Waals surface area contributed by atoms with E-state index in [4.69, 9.17) is 14.2 Å². The van der Waals surface area contributed by atoms with Gasteiger partial charge in [0.15, 0.2) is 11.5 Å². The van der Waals surface area contributed by atoms with E-state index in [1.807, 2.05) is 39.0 Å². The number of rotatable bonds is 9. The molecule has 0 amide bonds. The summed E-state index contributed by atoms with van der Waals surface area (Å²) in [7, 11) is 1.60. The lowest BCUT2D eigenvalue weighted by atomic mass is 10.2. The number of ether oxygens (including phenoxy) is 3. The lowest BCUT2D eigenvalue weighted by molar-refractivity contribution is 0.207. The Morgan fingerprint density at radius 3 is 2.73 bits per heavy atom. The normalized spacial score (nSPS) is 11.7. The number of H-pyrrole nitrogens is 1. The summed E-state index contributed by atoms with van der Waals surface area (Å²) in [4.78, 5) is 11.9. The van der Waals surface area contributed by atoms with Crippen molar-refractivity contribution in [2.24, 2.45) is 0 Å². The summed E-state index contributed by atoms with van der Waals surface area (Å²) in [5.41, 5.74) is 1.16. The van der Waals surface area contributed by atoms with E-state index in [2.05, 4.69) is 31.4 Å². The van der Waals surface area contributed by atoms with Gasteiger partial charge < -0.3 is 19.5 Å². The highest BCUT2D eigenvalue weighted by Gasteiger charge is 2.16. The molecule has 0 radical (unpaired) electrons. The van der Waals surface area contributed by atoms with Crippen LogP contribution in [0.3, 0.4) is 0 Å². The average Bonchev–Trinajstić information content (AvgIpc) is 2.64. The highest BCUT2D eigenvalue weighted by Crippen LogP contribution is 2.31. The lowest BCUT2D eigenvalue weighted by Crippen LogP contribution is -2.18. The molecule has 7 nitrogen and oxygen atoms in total. The number of benzene rings is 1. The van der Waals surface area contributed by atoms with Crippen LogP contribution < -0.4 is 25.1 Å². The van der Waals surface area contributed by atoms with Gasteiger partial charge in [0.2, 0.25) is 0 Å². The topological polar surface area (TPSA) is 85.5 Å². The molecule has 0 aliphatic rings. The Morgan fingerprint density at radius 2 is 2.08 bits per heavy atom. The van der Waals surface area contributed by atoms with Crippen molar-refractivity contribution in [3.8, 4) is 17.4 Å². The SMILES string of the molecule is CCOc1cc(CNc2c(OC(C)CC)n[nH]c(=O)c2Br)ccc1OC. The molecule has 142 valence electrons. The van der Waals surface area contributed by atoms with Crippen LogP contribution in [0.4, 0.5) is 5.69 Å². The van der Waals surface area contributed by atoms with Gasteiger partial charge >= 0.3 is 0 Å². The molecular formula is C18H24BrN3O4. The number of hydrogen-bond acceptors (Lipinski definition) is 6. The van der Waals surface area contributed by atoms with Gasteiger partial charge in [0, 0.05) is 6.54 Å². The average molecular weight is 426 g/mol. The number of halogens is 1. The highest BCUT2D eigenvalue weighted by atomic mass is 79.9. The molecule has 26 heavy (non-hydrogen) atoms. The van der Waals surface area contributed by atoms with Crippen LogP contribution in [0.25, 0.3) is 0 Å². The third kappa shape index (κ3) is 4.91. The first-order chi connectivity index (χ1) is 12.5. The van der Waals surface area contributed by atoms with Gasteiger partial charge in [-0.05, 0) is 53.9 Å². The largest absolute Gasteiger partial charge is 0.493 e. The summed E-state index contributed by atoms with van der Waals surface area (Å²) < 4.78 is 17.0. The molecule has 0 aliphatic heterocycles. The fourth-order valence-corrected chi connectivity index (χ4v) is 2.61. The Hall–Kier alpha value is -2.22. The minimum Gasteiger partial charge on any atom is -0.493 e. The molecule has 0 bridgehead atoms. The zero-order chi connectivity index (χ0) is 19.1. The Morgan fingerprint density at radius 1 is 1.31 bits per heavy atom. The zero-order valence-electron chi connectivity index (χ0n) is 15.4. The molecule has 1 heterocycles. The van der Waals surface area contributed by atoms with Crippen LogP contribution in [-0.4, -0.2) is 30.0 Å². The number of nitrogens with zero attached hydrogens (tertiary/aromatic N) is 1. The number of hydrogen-bond donors (Lipinski definition) is 2. The van der Waals surface area contributed by atoms with Crippen LogP contribution in [0.5, 0.6) is 17.4 Å². The maximum absolute atomic E-state index is 11.9. The summed E-state index contributed by atoms with van der Waals surface area (Å²) in [6, 6.07) is 5.68. The number of nitrogens with one attached hydrogen (secondary N) is 2. The van der Waals surface area contributed by atoms with Crippen molar-refractivity contribution < 1.29 is 14.2 Å². The Kier molecular flexibility index (Phi) is 7.32. The summed E-state index contributed by atoms with van der Waals surface area (Å²) >= 11 is 3.31. The van der Waals surface area contributed by atoms with E-state index in [9.17, 15) is 4.79 Å². The Bertz CT molecular complexity index is 794. The van der Waals surface area contributed by atoms with E-state index in [0.717, 1.165) is 12.0 Å². The first kappa shape index (κ1) is 20.1. The van der Waals surface area contributed by atoms with Crippen LogP contribution in [-0.2, 0) is 6.54 Å². The summed E-state index contributed by atoms with van der Waals surface area (Å²) in [5, 5.41) is 9.66. The van der Waals surface area contributed by atoms with E-state index in [0.29, 0.717) is 40.7 Å². The van der Waals surface area contributed by atoms with Crippen molar-refractivity contribution in [3.05, 3.63) is 38.6 Å². The predicted molar refractivity (Wildman–Crippen MR) is 104 cm³/mol. The number of aromatic amines is 1. The maximum Gasteiger partial charge on any atom is 0.280 e. The molecular weight excluding hydrogens is 402 g/mol. The van der Waals surface area contributed by atoms with Gasteiger partial charge in [0.1, 0.15) is 10.2 Å². The fraction of sp³-hybridized carbons (Fsp3) is 0.444. The van der Waals surface area contributed by atoms with Crippen molar-refractivity contribution in [2.75, 3.05) is 19.0 Å². The standard InChI is InChI=1S/C18H24BrN3O4/c1-5-11(3)26-18-16(15(19)17(23)21-22-18)20-10-12-7-8-13(24-4)14(9-12)25-6-2/h7-9,11H,5-6,10H2,1-4H3,(H2,20,21,23). The second kappa shape index (κ2) is 9.47. The molecule has 1 unspecified atom stereocenters. The molecule has 2 N–H and O–H groups in total. The second-order valence-electron chi connectivity index (χ2n) is 5.66. The van der Waals surface area contributed by atoms with E-state index >= 15 is 0 Å². The third-order valence-corrected chi connectivity index (χ3v) is 4.53. The number of methoxy groups -OCH3 is 1. The number of anilines is 1. The first-order valence-corrected chi connectivity index (χ1v) is 9.27. The molecule has 2 aromatic rings. The van der Waals surface area contributed by atoms with Crippen molar-refractivity contribution in [2.45, 2.75) is 39.8 Å². The van der Waals surface area contributed by atoms with E-state index in [-0.39, 0.29) is 11.7 Å². The van der Waals surface area contributed by atoms with Crippen LogP contribution in [0.15, 0.2) is 27.5 Å². The molecule has 0 aliphatic carbocycles. The molecule has 8 heteroatoms. The van der Waals surface area contributed by atoms with Gasteiger partial charge in [-0.25, -0.2) is 5.10 Å². The fourth-order valence-electron chi connectivity index (χ4n) is 2.22. The smallest absolute Gasteiger partial charge is 0.280 e. The predicted octanol–water partition coefficient (Wildman–Crippen LogP) is 3.73. The van der Waals surface area contributed by atoms with Crippen LogP contribution in [0, 0.1) is 0 Å². The Labute approximate surface area is 161 Å². The number of aromatic nitrogens is 2. The summed E-state index contributed by atoms with van der Waals surface area (Å²) in [6.07, 6.45) is 0.806. The molecule has 0 saturated carbocycles. The van der Waals surface area contributed by atoms with Crippen molar-refractivity contribution in [1.29, 1.82) is 0 Å². The molecule has 1 aromatic heterocycles. The summed E-state index contributed by atoms with van der Waals surface area (Å²) in [5.74, 6) is 1.70. The maximum atomic E-state index is 11.9. The second-order valence-corrected chi connectivity index (χ2v) is 6.45. The van der Waals surface area contributed by atoms with Gasteiger partial charge in [0.05, 0.1) is 19.8 Å². The van der Waals surface area contributed by atoms with Crippen LogP contribution >= 0.6 is 15.9 Å². The first-order valence-electron chi connectivity index (χ1n) is 8.48. The van der Waals surface area contributed by atoms with Crippen molar-refractivity contribution in [3.63, 3.8) is 0 Å². The minimum atomic E-state index is -0.325. The highest BCUT2D eigenvalue weighted by molar-refractivity contribution is 9.10. The lowest BCUT2D eigenvalue weighted by Gasteiger charge is -2.17. The Balaban J connectivity index is 2.24. The van der Waals surface area contributed by atoms with E-state index in [1.54, 1.807) is 7.11 Å². The van der Waals surface area contributed by atoms with Gasteiger partial charge in [-0.3, -0.25) is 4.79 Å². The van der Waals surface area contributed by atoms with E-state index in [1.165, 1.54) is 0 Å². The molecule has 0 spiro atoms. The molecule has 2 rings (SSSR count). The minimum absolute atomic E-state index is 0.0219. The van der Waals surface area contributed by atoms with Crippen molar-refractivity contribution in [1.82, 2.24) is 10.2 Å².